The predicted molar refractivity (Wildman–Crippen MR) is 82.3 cm³/mol. The van der Waals surface area contributed by atoms with E-state index in [-0.39, 0.29) is 12.6 Å². The molecule has 5 heteroatoms. The lowest BCUT2D eigenvalue weighted by Crippen LogP contribution is -2.26. The Bertz CT molecular complexity index is 544. The fraction of sp³-hybridized carbons (Fsp3) is 0.357. The van der Waals surface area contributed by atoms with Crippen LogP contribution in [0.2, 0.25) is 0 Å². The topological polar surface area (TPSA) is 36.4 Å². The molecule has 0 saturated heterocycles. The van der Waals surface area contributed by atoms with Gasteiger partial charge in [0.25, 0.3) is 0 Å². The number of likely N-dealkylation sites (N-methyl/N-ethyl adjacent to an activating group) is 1. The van der Waals surface area contributed by atoms with E-state index in [0.29, 0.717) is 0 Å². The third-order valence-corrected chi connectivity index (χ3v) is 4.40. The van der Waals surface area contributed by atoms with Crippen molar-refractivity contribution < 1.29 is 5.11 Å². The summed E-state index contributed by atoms with van der Waals surface area (Å²) in [5.41, 5.74) is 1.11. The lowest BCUT2D eigenvalue weighted by atomic mass is 10.1. The zero-order valence-corrected chi connectivity index (χ0v) is 13.4. The highest BCUT2D eigenvalue weighted by Gasteiger charge is 2.17. The van der Waals surface area contributed by atoms with Crippen molar-refractivity contribution in [1.29, 1.82) is 0 Å². The number of thiazole rings is 1. The van der Waals surface area contributed by atoms with Crippen LogP contribution >= 0.6 is 27.3 Å². The van der Waals surface area contributed by atoms with Gasteiger partial charge in [-0.3, -0.25) is 4.90 Å². The summed E-state index contributed by atoms with van der Waals surface area (Å²) in [5, 5.41) is 10.7. The second-order valence-corrected chi connectivity index (χ2v) is 6.75. The Morgan fingerprint density at radius 3 is 2.84 bits per heavy atom. The molecule has 1 aromatic carbocycles. The summed E-state index contributed by atoms with van der Waals surface area (Å²) in [6.07, 6.45) is 1.91. The Morgan fingerprint density at radius 1 is 1.47 bits per heavy atom. The van der Waals surface area contributed by atoms with Gasteiger partial charge >= 0.3 is 0 Å². The average Bonchev–Trinajstić information content (AvgIpc) is 2.75. The monoisotopic (exact) mass is 340 g/mol. The van der Waals surface area contributed by atoms with Crippen molar-refractivity contribution in [3.63, 3.8) is 0 Å². The zero-order valence-electron chi connectivity index (χ0n) is 11.0. The molecule has 1 N–H and O–H groups in total. The number of aliphatic hydroxyl groups is 1. The van der Waals surface area contributed by atoms with Crippen LogP contribution in [0.1, 0.15) is 21.5 Å². The van der Waals surface area contributed by atoms with Crippen molar-refractivity contribution in [2.75, 3.05) is 13.7 Å². The maximum atomic E-state index is 9.65. The summed E-state index contributed by atoms with van der Waals surface area (Å²) in [5.74, 6) is 0. The van der Waals surface area contributed by atoms with E-state index in [2.05, 4.69) is 31.9 Å². The van der Waals surface area contributed by atoms with Crippen molar-refractivity contribution in [3.8, 4) is 0 Å². The first kappa shape index (κ1) is 14.7. The minimum absolute atomic E-state index is 0.0000869. The molecule has 0 aliphatic heterocycles. The van der Waals surface area contributed by atoms with Crippen molar-refractivity contribution in [2.45, 2.75) is 19.5 Å². The van der Waals surface area contributed by atoms with Crippen LogP contribution in [0.4, 0.5) is 0 Å². The molecule has 1 unspecified atom stereocenters. The lowest BCUT2D eigenvalue weighted by Gasteiger charge is -2.26. The number of aryl methyl sites for hydroxylation is 1. The van der Waals surface area contributed by atoms with E-state index in [9.17, 15) is 5.11 Å². The SMILES string of the molecule is Cc1ncc(CN(C)C(CO)c2cccc(Br)c2)s1. The molecular formula is C14H17BrN2OS. The van der Waals surface area contributed by atoms with Gasteiger partial charge in [0.1, 0.15) is 0 Å². The van der Waals surface area contributed by atoms with Gasteiger partial charge in [0, 0.05) is 22.1 Å². The fourth-order valence-electron chi connectivity index (χ4n) is 2.05. The molecular weight excluding hydrogens is 324 g/mol. The van der Waals surface area contributed by atoms with Crippen LogP contribution in [0.15, 0.2) is 34.9 Å². The molecule has 102 valence electrons. The van der Waals surface area contributed by atoms with Gasteiger partial charge in [-0.1, -0.05) is 28.1 Å². The summed E-state index contributed by atoms with van der Waals surface area (Å²) in [6.45, 7) is 2.90. The smallest absolute Gasteiger partial charge is 0.0897 e. The van der Waals surface area contributed by atoms with E-state index in [1.807, 2.05) is 38.4 Å². The maximum Gasteiger partial charge on any atom is 0.0897 e. The molecule has 0 saturated carbocycles. The van der Waals surface area contributed by atoms with Gasteiger partial charge in [-0.05, 0) is 31.7 Å². The van der Waals surface area contributed by atoms with E-state index < -0.39 is 0 Å². The summed E-state index contributed by atoms with van der Waals surface area (Å²) < 4.78 is 1.03. The van der Waals surface area contributed by atoms with E-state index in [0.717, 1.165) is 21.6 Å². The third kappa shape index (κ3) is 3.86. The number of rotatable bonds is 5. The van der Waals surface area contributed by atoms with E-state index in [1.165, 1.54) is 4.88 Å². The number of nitrogens with zero attached hydrogens (tertiary/aromatic N) is 2. The van der Waals surface area contributed by atoms with Gasteiger partial charge in [0.05, 0.1) is 17.7 Å². The quantitative estimate of drug-likeness (QED) is 0.906. The van der Waals surface area contributed by atoms with Crippen molar-refractivity contribution in [2.24, 2.45) is 0 Å². The van der Waals surface area contributed by atoms with Gasteiger partial charge in [-0.2, -0.15) is 0 Å². The number of aromatic nitrogens is 1. The van der Waals surface area contributed by atoms with Crippen molar-refractivity contribution in [1.82, 2.24) is 9.88 Å². The molecule has 0 aliphatic rings. The lowest BCUT2D eigenvalue weighted by molar-refractivity contribution is 0.143. The van der Waals surface area contributed by atoms with Gasteiger partial charge in [-0.25, -0.2) is 4.98 Å². The maximum absolute atomic E-state index is 9.65. The second-order valence-electron chi connectivity index (χ2n) is 4.51. The predicted octanol–water partition coefficient (Wildman–Crippen LogP) is 3.38. The fourth-order valence-corrected chi connectivity index (χ4v) is 3.32. The Hall–Kier alpha value is -0.750. The van der Waals surface area contributed by atoms with Gasteiger partial charge in [0.15, 0.2) is 0 Å². The van der Waals surface area contributed by atoms with Gasteiger partial charge < -0.3 is 5.11 Å². The molecule has 19 heavy (non-hydrogen) atoms. The molecule has 0 amide bonds. The summed E-state index contributed by atoms with van der Waals surface area (Å²) in [4.78, 5) is 7.63. The molecule has 1 aromatic heterocycles. The molecule has 0 radical (unpaired) electrons. The third-order valence-electron chi connectivity index (χ3n) is 3.01. The molecule has 0 aliphatic carbocycles. The van der Waals surface area contributed by atoms with Crippen LogP contribution in [0.3, 0.4) is 0 Å². The molecule has 2 rings (SSSR count). The molecule has 1 atom stereocenters. The summed E-state index contributed by atoms with van der Waals surface area (Å²) in [7, 11) is 2.02. The summed E-state index contributed by atoms with van der Waals surface area (Å²) >= 11 is 5.17. The number of halogens is 1. The van der Waals surface area contributed by atoms with Crippen LogP contribution in [0, 0.1) is 6.92 Å². The highest BCUT2D eigenvalue weighted by molar-refractivity contribution is 9.10. The van der Waals surface area contributed by atoms with Crippen molar-refractivity contribution >= 4 is 27.3 Å². The molecule has 3 nitrogen and oxygen atoms in total. The van der Waals surface area contributed by atoms with E-state index in [4.69, 9.17) is 0 Å². The highest BCUT2D eigenvalue weighted by atomic mass is 79.9. The van der Waals surface area contributed by atoms with Gasteiger partial charge in [-0.15, -0.1) is 11.3 Å². The highest BCUT2D eigenvalue weighted by Crippen LogP contribution is 2.24. The largest absolute Gasteiger partial charge is 0.394 e. The van der Waals surface area contributed by atoms with E-state index >= 15 is 0 Å². The average molecular weight is 341 g/mol. The number of benzene rings is 1. The van der Waals surface area contributed by atoms with E-state index in [1.54, 1.807) is 11.3 Å². The molecule has 0 fully saturated rings. The van der Waals surface area contributed by atoms with Crippen LogP contribution in [-0.4, -0.2) is 28.6 Å². The summed E-state index contributed by atoms with van der Waals surface area (Å²) in [6, 6.07) is 8.08. The van der Waals surface area contributed by atoms with Crippen LogP contribution in [0.5, 0.6) is 0 Å². The minimum Gasteiger partial charge on any atom is -0.394 e. The van der Waals surface area contributed by atoms with Crippen LogP contribution < -0.4 is 0 Å². The molecule has 2 aromatic rings. The first-order chi connectivity index (χ1) is 9.10. The molecule has 0 bridgehead atoms. The number of hydrogen-bond donors (Lipinski definition) is 1. The molecule has 1 heterocycles. The normalized spacial score (nSPS) is 12.9. The van der Waals surface area contributed by atoms with Crippen LogP contribution in [-0.2, 0) is 6.54 Å². The second kappa shape index (κ2) is 6.61. The number of aliphatic hydroxyl groups excluding tert-OH is 1. The minimum atomic E-state index is -0.0000869. The molecule has 0 spiro atoms. The standard InChI is InChI=1S/C14H17BrN2OS/c1-10-16-7-13(19-10)8-17(2)14(9-18)11-4-3-5-12(15)6-11/h3-7,14,18H,8-9H2,1-2H3. The van der Waals surface area contributed by atoms with Crippen LogP contribution in [0.25, 0.3) is 0 Å². The van der Waals surface area contributed by atoms with Crippen molar-refractivity contribution in [3.05, 3.63) is 50.4 Å². The number of hydrogen-bond acceptors (Lipinski definition) is 4. The first-order valence-corrected chi connectivity index (χ1v) is 7.69. The van der Waals surface area contributed by atoms with Gasteiger partial charge in [0.2, 0.25) is 0 Å². The Labute approximate surface area is 126 Å². The Morgan fingerprint density at radius 2 is 2.26 bits per heavy atom. The zero-order chi connectivity index (χ0) is 13.8. The Balaban J connectivity index is 2.12. The Kier molecular flexibility index (Phi) is 5.10. The first-order valence-electron chi connectivity index (χ1n) is 6.08.